The predicted molar refractivity (Wildman–Crippen MR) is 55.1 cm³/mol. The molecule has 0 atom stereocenters. The van der Waals surface area contributed by atoms with Gasteiger partial charge in [0.2, 0.25) is 0 Å². The van der Waals surface area contributed by atoms with Crippen LogP contribution in [0.1, 0.15) is 19.4 Å². The highest BCUT2D eigenvalue weighted by molar-refractivity contribution is 5.40. The lowest BCUT2D eigenvalue weighted by molar-refractivity contribution is -0.385. The molecule has 76 valence electrons. The molecule has 0 aliphatic heterocycles. The van der Waals surface area contributed by atoms with E-state index in [0.717, 1.165) is 0 Å². The first-order chi connectivity index (χ1) is 6.40. The summed E-state index contributed by atoms with van der Waals surface area (Å²) >= 11 is 0. The number of nitro benzene ring substituents is 1. The molecule has 14 heavy (non-hydrogen) atoms. The molecule has 0 fully saturated rings. The topological polar surface area (TPSA) is 69.2 Å². The second-order valence-electron chi connectivity index (χ2n) is 4.05. The van der Waals surface area contributed by atoms with Gasteiger partial charge in [0.1, 0.15) is 0 Å². The van der Waals surface area contributed by atoms with Crippen LogP contribution in [-0.4, -0.2) is 10.5 Å². The predicted octanol–water partition coefficient (Wildman–Crippen LogP) is 1.87. The molecule has 0 aromatic heterocycles. The average molecular weight is 194 g/mol. The highest BCUT2D eigenvalue weighted by atomic mass is 16.6. The molecule has 0 saturated carbocycles. The molecule has 0 bridgehead atoms. The van der Waals surface area contributed by atoms with E-state index in [9.17, 15) is 10.1 Å². The van der Waals surface area contributed by atoms with Crippen molar-refractivity contribution in [1.29, 1.82) is 0 Å². The fourth-order valence-electron chi connectivity index (χ4n) is 1.33. The maximum absolute atomic E-state index is 10.7. The first-order valence-electron chi connectivity index (χ1n) is 4.41. The Labute approximate surface area is 82.9 Å². The van der Waals surface area contributed by atoms with Gasteiger partial charge in [-0.15, -0.1) is 0 Å². The van der Waals surface area contributed by atoms with Crippen molar-refractivity contribution in [2.45, 2.75) is 25.8 Å². The van der Waals surface area contributed by atoms with Gasteiger partial charge in [0, 0.05) is 17.2 Å². The summed E-state index contributed by atoms with van der Waals surface area (Å²) in [6, 6.07) is 6.69. The maximum atomic E-state index is 10.7. The molecule has 0 spiro atoms. The second-order valence-corrected chi connectivity index (χ2v) is 4.05. The van der Waals surface area contributed by atoms with Crippen LogP contribution in [0.15, 0.2) is 24.3 Å². The normalized spacial score (nSPS) is 11.4. The molecular formula is C10H14N2O2. The number of nitrogens with two attached hydrogens (primary N) is 1. The van der Waals surface area contributed by atoms with Crippen molar-refractivity contribution >= 4 is 5.69 Å². The number of para-hydroxylation sites is 1. The minimum absolute atomic E-state index is 0.144. The number of nitrogens with zero attached hydrogens (tertiary/aromatic N) is 1. The van der Waals surface area contributed by atoms with Gasteiger partial charge in [0.15, 0.2) is 0 Å². The summed E-state index contributed by atoms with van der Waals surface area (Å²) in [7, 11) is 0. The van der Waals surface area contributed by atoms with E-state index >= 15 is 0 Å². The summed E-state index contributed by atoms with van der Waals surface area (Å²) in [6.45, 7) is 3.70. The van der Waals surface area contributed by atoms with Gasteiger partial charge in [-0.25, -0.2) is 0 Å². The fraction of sp³-hybridized carbons (Fsp3) is 0.400. The van der Waals surface area contributed by atoms with Crippen LogP contribution in [0.4, 0.5) is 5.69 Å². The summed E-state index contributed by atoms with van der Waals surface area (Å²) in [5.41, 5.74) is 6.22. The van der Waals surface area contributed by atoms with Crippen LogP contribution >= 0.6 is 0 Å². The highest BCUT2D eigenvalue weighted by Gasteiger charge is 2.18. The van der Waals surface area contributed by atoms with E-state index in [1.54, 1.807) is 18.2 Å². The van der Waals surface area contributed by atoms with Gasteiger partial charge in [-0.2, -0.15) is 0 Å². The van der Waals surface area contributed by atoms with Gasteiger partial charge in [0.25, 0.3) is 5.69 Å². The number of nitro groups is 1. The number of benzene rings is 1. The largest absolute Gasteiger partial charge is 0.325 e. The van der Waals surface area contributed by atoms with Crippen LogP contribution in [0.5, 0.6) is 0 Å². The van der Waals surface area contributed by atoms with Crippen LogP contribution in [0.25, 0.3) is 0 Å². The minimum atomic E-state index is -0.424. The molecule has 0 amide bonds. The Bertz CT molecular complexity index is 342. The van der Waals surface area contributed by atoms with E-state index in [-0.39, 0.29) is 10.6 Å². The van der Waals surface area contributed by atoms with Gasteiger partial charge < -0.3 is 5.73 Å². The molecular weight excluding hydrogens is 180 g/mol. The molecule has 0 aliphatic rings. The third kappa shape index (κ3) is 2.81. The molecule has 2 N–H and O–H groups in total. The van der Waals surface area contributed by atoms with Gasteiger partial charge >= 0.3 is 0 Å². The quantitative estimate of drug-likeness (QED) is 0.590. The zero-order valence-corrected chi connectivity index (χ0v) is 8.36. The molecule has 0 radical (unpaired) electrons. The van der Waals surface area contributed by atoms with E-state index in [1.807, 2.05) is 13.8 Å². The van der Waals surface area contributed by atoms with E-state index in [0.29, 0.717) is 12.0 Å². The number of hydrogen-bond donors (Lipinski definition) is 1. The first kappa shape index (κ1) is 10.7. The molecule has 1 aromatic rings. The van der Waals surface area contributed by atoms with Crippen LogP contribution in [-0.2, 0) is 6.42 Å². The van der Waals surface area contributed by atoms with Crippen molar-refractivity contribution in [2.75, 3.05) is 0 Å². The Morgan fingerprint density at radius 2 is 2.00 bits per heavy atom. The summed E-state index contributed by atoms with van der Waals surface area (Å²) in [5, 5.41) is 10.7. The smallest absolute Gasteiger partial charge is 0.272 e. The third-order valence-corrected chi connectivity index (χ3v) is 1.83. The van der Waals surface area contributed by atoms with Gasteiger partial charge in [0.05, 0.1) is 4.92 Å². The van der Waals surface area contributed by atoms with Crippen molar-refractivity contribution in [1.82, 2.24) is 0 Å². The Hall–Kier alpha value is -1.42. The van der Waals surface area contributed by atoms with Gasteiger partial charge in [-0.05, 0) is 20.3 Å². The van der Waals surface area contributed by atoms with Crippen LogP contribution in [0.2, 0.25) is 0 Å². The summed E-state index contributed by atoms with van der Waals surface area (Å²) in [4.78, 5) is 10.3. The Morgan fingerprint density at radius 1 is 1.43 bits per heavy atom. The lowest BCUT2D eigenvalue weighted by atomic mass is 9.95. The van der Waals surface area contributed by atoms with Gasteiger partial charge in [-0.1, -0.05) is 18.2 Å². The summed E-state index contributed by atoms with van der Waals surface area (Å²) in [5.74, 6) is 0. The van der Waals surface area contributed by atoms with Crippen molar-refractivity contribution in [3.8, 4) is 0 Å². The van der Waals surface area contributed by atoms with E-state index in [4.69, 9.17) is 5.73 Å². The second kappa shape index (κ2) is 3.75. The SMILES string of the molecule is CC(C)(N)Cc1ccccc1[N+](=O)[O-]. The Balaban J connectivity index is 3.02. The van der Waals surface area contributed by atoms with Crippen LogP contribution in [0.3, 0.4) is 0 Å². The monoisotopic (exact) mass is 194 g/mol. The summed E-state index contributed by atoms with van der Waals surface area (Å²) in [6.07, 6.45) is 0.504. The van der Waals surface area contributed by atoms with Crippen molar-refractivity contribution in [3.05, 3.63) is 39.9 Å². The zero-order valence-electron chi connectivity index (χ0n) is 8.36. The van der Waals surface area contributed by atoms with E-state index < -0.39 is 5.54 Å². The van der Waals surface area contributed by atoms with E-state index in [2.05, 4.69) is 0 Å². The minimum Gasteiger partial charge on any atom is -0.325 e. The molecule has 0 unspecified atom stereocenters. The van der Waals surface area contributed by atoms with Crippen LogP contribution in [0, 0.1) is 10.1 Å². The zero-order chi connectivity index (χ0) is 10.8. The summed E-state index contributed by atoms with van der Waals surface area (Å²) < 4.78 is 0. The van der Waals surface area contributed by atoms with Crippen molar-refractivity contribution < 1.29 is 4.92 Å². The maximum Gasteiger partial charge on any atom is 0.272 e. The number of hydrogen-bond acceptors (Lipinski definition) is 3. The standard InChI is InChI=1S/C10H14N2O2/c1-10(2,11)7-8-5-3-4-6-9(8)12(13)14/h3-6H,7,11H2,1-2H3. The molecule has 1 aromatic carbocycles. The molecule has 0 heterocycles. The average Bonchev–Trinajstić information content (AvgIpc) is 2.01. The Morgan fingerprint density at radius 3 is 2.50 bits per heavy atom. The third-order valence-electron chi connectivity index (χ3n) is 1.83. The molecule has 1 rings (SSSR count). The fourth-order valence-corrected chi connectivity index (χ4v) is 1.33. The lowest BCUT2D eigenvalue weighted by Gasteiger charge is -2.17. The molecule has 0 aliphatic carbocycles. The molecule has 0 saturated heterocycles. The van der Waals surface area contributed by atoms with Crippen molar-refractivity contribution in [3.63, 3.8) is 0 Å². The lowest BCUT2D eigenvalue weighted by Crippen LogP contribution is -2.34. The van der Waals surface area contributed by atoms with Crippen LogP contribution < -0.4 is 5.73 Å². The van der Waals surface area contributed by atoms with Gasteiger partial charge in [-0.3, -0.25) is 10.1 Å². The van der Waals surface area contributed by atoms with E-state index in [1.165, 1.54) is 6.07 Å². The Kier molecular flexibility index (Phi) is 2.86. The molecule has 4 nitrogen and oxygen atoms in total. The number of rotatable bonds is 3. The first-order valence-corrected chi connectivity index (χ1v) is 4.41. The molecule has 4 heteroatoms. The highest BCUT2D eigenvalue weighted by Crippen LogP contribution is 2.21. The van der Waals surface area contributed by atoms with Crippen molar-refractivity contribution in [2.24, 2.45) is 5.73 Å².